The minimum atomic E-state index is -0.673. The zero-order valence-electron chi connectivity index (χ0n) is 30.3. The molecule has 0 aromatic heterocycles. The lowest BCUT2D eigenvalue weighted by Crippen LogP contribution is -2.37. The van der Waals surface area contributed by atoms with E-state index in [1.165, 1.54) is 0 Å². The van der Waals surface area contributed by atoms with Crippen molar-refractivity contribution in [2.45, 2.75) is 93.5 Å². The van der Waals surface area contributed by atoms with Crippen LogP contribution in [0.5, 0.6) is 0 Å². The molecule has 1 rings (SSSR count). The summed E-state index contributed by atoms with van der Waals surface area (Å²) in [5, 5.41) is 10.2. The molecule has 0 aromatic carbocycles. The van der Waals surface area contributed by atoms with Gasteiger partial charge in [0.1, 0.15) is 12.2 Å². The van der Waals surface area contributed by atoms with E-state index in [-0.39, 0.29) is 17.3 Å². The Labute approximate surface area is 280 Å². The van der Waals surface area contributed by atoms with Gasteiger partial charge in [0, 0.05) is 14.2 Å². The maximum Gasteiger partial charge on any atom is 0.187 e. The van der Waals surface area contributed by atoms with Crippen LogP contribution in [-0.4, -0.2) is 42.9 Å². The number of carbonyl (C=O) groups excluding carboxylic acids is 1. The van der Waals surface area contributed by atoms with Gasteiger partial charge in [0.05, 0.1) is 5.60 Å². The molecule has 4 heteroatoms. The van der Waals surface area contributed by atoms with Gasteiger partial charge in [-0.3, -0.25) is 4.79 Å². The molecule has 0 amide bonds. The van der Waals surface area contributed by atoms with Crippen LogP contribution in [0.2, 0.25) is 0 Å². The molecule has 46 heavy (non-hydrogen) atoms. The molecule has 2 atom stereocenters. The van der Waals surface area contributed by atoms with E-state index < -0.39 is 11.7 Å². The number of ketones is 1. The van der Waals surface area contributed by atoms with Crippen molar-refractivity contribution in [3.8, 4) is 0 Å². The maximum atomic E-state index is 12.6. The van der Waals surface area contributed by atoms with E-state index in [0.29, 0.717) is 6.42 Å². The van der Waals surface area contributed by atoms with Crippen LogP contribution in [0.3, 0.4) is 0 Å². The van der Waals surface area contributed by atoms with Gasteiger partial charge in [-0.1, -0.05) is 145 Å². The Kier molecular flexibility index (Phi) is 17.4. The first-order valence-corrected chi connectivity index (χ1v) is 16.0. The van der Waals surface area contributed by atoms with Crippen molar-refractivity contribution < 1.29 is 19.4 Å². The van der Waals surface area contributed by atoms with Crippen molar-refractivity contribution in [3.63, 3.8) is 0 Å². The predicted octanol–water partition coefficient (Wildman–Crippen LogP) is 10.2. The second-order valence-corrected chi connectivity index (χ2v) is 13.2. The standard InChI is InChI=1S/C42H58O4/c1-31(20-15-22-33(3)23-17-25-35(5)27-29-39(43)42(9,10)46-12)18-13-14-19-32(2)21-16-24-34(4)26-28-37-36(6)40(44)38(45-11)30-41(37,7)8/h13-29,38-39,43H,30H2,1-12H3/b14-13+,20-15+,21-16+,23-17+,28-26+,29-27+,31-18+,32-19+,33-22+,34-24+,35-25+. The first-order chi connectivity index (χ1) is 21.5. The number of ether oxygens (including phenoxy) is 2. The number of aliphatic hydroxyl groups excluding tert-OH is 1. The monoisotopic (exact) mass is 626 g/mol. The largest absolute Gasteiger partial charge is 0.386 e. The second-order valence-electron chi connectivity index (χ2n) is 13.2. The van der Waals surface area contributed by atoms with Crippen LogP contribution < -0.4 is 0 Å². The summed E-state index contributed by atoms with van der Waals surface area (Å²) in [5.41, 5.74) is 6.74. The van der Waals surface area contributed by atoms with Crippen LogP contribution in [0.25, 0.3) is 0 Å². The summed E-state index contributed by atoms with van der Waals surface area (Å²) in [4.78, 5) is 12.6. The molecule has 0 aliphatic heterocycles. The van der Waals surface area contributed by atoms with Gasteiger partial charge in [-0.25, -0.2) is 0 Å². The molecule has 0 saturated heterocycles. The summed E-state index contributed by atoms with van der Waals surface area (Å²) >= 11 is 0. The number of allylic oxidation sites excluding steroid dienone is 22. The van der Waals surface area contributed by atoms with E-state index in [1.807, 2.05) is 70.2 Å². The summed E-state index contributed by atoms with van der Waals surface area (Å²) in [7, 11) is 3.21. The number of carbonyl (C=O) groups is 1. The van der Waals surface area contributed by atoms with Crippen LogP contribution in [0.1, 0.15) is 75.7 Å². The molecule has 0 spiro atoms. The van der Waals surface area contributed by atoms with Crippen molar-refractivity contribution in [3.05, 3.63) is 142 Å². The smallest absolute Gasteiger partial charge is 0.187 e. The zero-order chi connectivity index (χ0) is 34.9. The van der Waals surface area contributed by atoms with E-state index in [0.717, 1.165) is 39.0 Å². The van der Waals surface area contributed by atoms with Crippen molar-refractivity contribution in [2.24, 2.45) is 5.41 Å². The third kappa shape index (κ3) is 14.7. The van der Waals surface area contributed by atoms with E-state index in [4.69, 9.17) is 9.47 Å². The third-order valence-electron chi connectivity index (χ3n) is 8.05. The van der Waals surface area contributed by atoms with Gasteiger partial charge in [0.2, 0.25) is 0 Å². The lowest BCUT2D eigenvalue weighted by molar-refractivity contribution is -0.127. The van der Waals surface area contributed by atoms with Crippen molar-refractivity contribution >= 4 is 5.78 Å². The molecule has 0 heterocycles. The number of Topliss-reactive ketones (excluding diaryl/α,β-unsaturated/α-hetero) is 1. The molecule has 4 nitrogen and oxygen atoms in total. The summed E-state index contributed by atoms with van der Waals surface area (Å²) in [5.74, 6) is 0.0863. The molecule has 0 fully saturated rings. The fraction of sp³-hybridized carbons (Fsp3) is 0.405. The fourth-order valence-electron chi connectivity index (χ4n) is 4.65. The SMILES string of the molecule is COC1CC(C)(C)C(/C=C/C(C)=C/C=C/C(C)=C/C=C/C=C(C)/C=C/C=C(C)/C=C/C=C(C)/C=C/C(O)C(C)(C)OC)=C(C)C1=O. The lowest BCUT2D eigenvalue weighted by atomic mass is 9.71. The highest BCUT2D eigenvalue weighted by Crippen LogP contribution is 2.40. The van der Waals surface area contributed by atoms with E-state index >= 15 is 0 Å². The molecule has 0 aromatic rings. The lowest BCUT2D eigenvalue weighted by Gasteiger charge is -2.36. The Morgan fingerprint density at radius 3 is 1.61 bits per heavy atom. The number of hydrogen-bond donors (Lipinski definition) is 1. The molecule has 1 aliphatic rings. The molecule has 1 aliphatic carbocycles. The maximum absolute atomic E-state index is 12.6. The molecule has 1 N–H and O–H groups in total. The quantitative estimate of drug-likeness (QED) is 0.184. The Morgan fingerprint density at radius 2 is 1.17 bits per heavy atom. The molecule has 250 valence electrons. The zero-order valence-corrected chi connectivity index (χ0v) is 30.3. The van der Waals surface area contributed by atoms with Gasteiger partial charge in [-0.05, 0) is 78.4 Å². The Morgan fingerprint density at radius 1 is 0.761 bits per heavy atom. The Bertz CT molecular complexity index is 1400. The van der Waals surface area contributed by atoms with Crippen molar-refractivity contribution in [1.29, 1.82) is 0 Å². The molecular formula is C42H58O4. The normalized spacial score (nSPS) is 20.8. The van der Waals surface area contributed by atoms with E-state index in [2.05, 4.69) is 96.2 Å². The van der Waals surface area contributed by atoms with Gasteiger partial charge >= 0.3 is 0 Å². The predicted molar refractivity (Wildman–Crippen MR) is 198 cm³/mol. The second kappa shape index (κ2) is 19.8. The Balaban J connectivity index is 2.69. The highest BCUT2D eigenvalue weighted by Gasteiger charge is 2.37. The number of rotatable bonds is 15. The van der Waals surface area contributed by atoms with E-state index in [9.17, 15) is 9.90 Å². The van der Waals surface area contributed by atoms with Gasteiger partial charge < -0.3 is 14.6 Å². The van der Waals surface area contributed by atoms with Crippen LogP contribution in [0, 0.1) is 5.41 Å². The highest BCUT2D eigenvalue weighted by molar-refractivity contribution is 6.00. The molecule has 0 bridgehead atoms. The number of hydrogen-bond acceptors (Lipinski definition) is 4. The van der Waals surface area contributed by atoms with Crippen molar-refractivity contribution in [1.82, 2.24) is 0 Å². The highest BCUT2D eigenvalue weighted by atomic mass is 16.5. The topological polar surface area (TPSA) is 55.8 Å². The van der Waals surface area contributed by atoms with Gasteiger partial charge in [0.25, 0.3) is 0 Å². The summed E-state index contributed by atoms with van der Waals surface area (Å²) in [6.07, 6.45) is 34.2. The van der Waals surface area contributed by atoms with Gasteiger partial charge in [-0.2, -0.15) is 0 Å². The van der Waals surface area contributed by atoms with Crippen LogP contribution >= 0.6 is 0 Å². The average molecular weight is 627 g/mol. The fourth-order valence-corrected chi connectivity index (χ4v) is 4.65. The summed E-state index contributed by atoms with van der Waals surface area (Å²) in [6.45, 7) is 20.2. The van der Waals surface area contributed by atoms with Crippen LogP contribution in [0.4, 0.5) is 0 Å². The van der Waals surface area contributed by atoms with E-state index in [1.54, 1.807) is 20.3 Å². The van der Waals surface area contributed by atoms with Gasteiger partial charge in [-0.15, -0.1) is 0 Å². The number of methoxy groups -OCH3 is 2. The van der Waals surface area contributed by atoms with Crippen molar-refractivity contribution in [2.75, 3.05) is 14.2 Å². The molecule has 0 radical (unpaired) electrons. The van der Waals surface area contributed by atoms with Crippen LogP contribution in [-0.2, 0) is 14.3 Å². The molecular weight excluding hydrogens is 568 g/mol. The Hall–Kier alpha value is -3.57. The third-order valence-corrected chi connectivity index (χ3v) is 8.05. The number of aliphatic hydroxyl groups is 1. The first kappa shape index (κ1) is 40.5. The summed E-state index contributed by atoms with van der Waals surface area (Å²) < 4.78 is 10.7. The first-order valence-electron chi connectivity index (χ1n) is 16.0. The summed E-state index contributed by atoms with van der Waals surface area (Å²) in [6, 6.07) is 0. The molecule has 2 unspecified atom stereocenters. The minimum absolute atomic E-state index is 0.0863. The van der Waals surface area contributed by atoms with Gasteiger partial charge in [0.15, 0.2) is 5.78 Å². The van der Waals surface area contributed by atoms with Crippen LogP contribution in [0.15, 0.2) is 142 Å². The minimum Gasteiger partial charge on any atom is -0.386 e. The average Bonchev–Trinajstić information content (AvgIpc) is 2.99. The molecule has 0 saturated carbocycles.